The van der Waals surface area contributed by atoms with Gasteiger partial charge in [0, 0.05) is 0 Å². The Hall–Kier alpha value is -0.963. The second-order valence-corrected chi connectivity index (χ2v) is 3.61. The van der Waals surface area contributed by atoms with Crippen molar-refractivity contribution in [2.24, 2.45) is 0 Å². The zero-order valence-electron chi connectivity index (χ0n) is 8.62. The summed E-state index contributed by atoms with van der Waals surface area (Å²) in [6.07, 6.45) is 0. The van der Waals surface area contributed by atoms with Gasteiger partial charge in [0.05, 0.1) is 0 Å². The molecule has 2 rings (SSSR count). The molecule has 2 aromatic carbocycles. The van der Waals surface area contributed by atoms with E-state index < -0.39 is 0 Å². The zero-order valence-corrected chi connectivity index (χ0v) is 8.62. The number of hydrogen-bond donors (Lipinski definition) is 0. The summed E-state index contributed by atoms with van der Waals surface area (Å²) >= 11 is 0. The van der Waals surface area contributed by atoms with E-state index in [-0.39, 0.29) is 18.9 Å². The summed E-state index contributed by atoms with van der Waals surface area (Å²) in [7, 11) is 0. The number of benzene rings is 2. The topological polar surface area (TPSA) is 0 Å². The molecule has 0 heterocycles. The molecular formula is C14H15Li. The van der Waals surface area contributed by atoms with Gasteiger partial charge in [-0.1, -0.05) is 48.5 Å². The molecule has 0 saturated heterocycles. The van der Waals surface area contributed by atoms with E-state index in [4.69, 9.17) is 0 Å². The summed E-state index contributed by atoms with van der Waals surface area (Å²) in [6.45, 7) is 4.33. The Bertz CT molecular complexity index is 432. The van der Waals surface area contributed by atoms with Crippen molar-refractivity contribution >= 4 is 18.9 Å². The Kier molecular flexibility index (Phi) is 4.21. The van der Waals surface area contributed by atoms with Crippen LogP contribution in [0.2, 0.25) is 0 Å². The fourth-order valence-corrected chi connectivity index (χ4v) is 1.68. The van der Waals surface area contributed by atoms with Gasteiger partial charge >= 0.3 is 18.9 Å². The van der Waals surface area contributed by atoms with E-state index in [1.807, 2.05) is 0 Å². The molecular weight excluding hydrogens is 175 g/mol. The van der Waals surface area contributed by atoms with Crippen LogP contribution >= 0.6 is 0 Å². The third kappa shape index (κ3) is 2.53. The van der Waals surface area contributed by atoms with Gasteiger partial charge in [0.2, 0.25) is 0 Å². The Morgan fingerprint density at radius 3 is 2.07 bits per heavy atom. The maximum atomic E-state index is 2.18. The van der Waals surface area contributed by atoms with Gasteiger partial charge < -0.3 is 0 Å². The van der Waals surface area contributed by atoms with Crippen LogP contribution in [-0.2, 0) is 0 Å². The number of hydrogen-bond acceptors (Lipinski definition) is 0. The number of aryl methyl sites for hydroxylation is 1. The van der Waals surface area contributed by atoms with Crippen molar-refractivity contribution in [3.8, 4) is 11.1 Å². The standard InChI is InChI=1S/C14H14.Li.H/c1-11-7-6-10-14(12(11)2)13-8-4-3-5-9-13;;/h3-10H,1-2H3;;. The van der Waals surface area contributed by atoms with Crippen molar-refractivity contribution in [2.45, 2.75) is 13.8 Å². The Morgan fingerprint density at radius 1 is 0.733 bits per heavy atom. The van der Waals surface area contributed by atoms with E-state index in [1.54, 1.807) is 0 Å². The second kappa shape index (κ2) is 5.21. The van der Waals surface area contributed by atoms with Crippen LogP contribution in [0.15, 0.2) is 48.5 Å². The SMILES string of the molecule is Cc1cccc(-c2ccccc2)c1C.[LiH]. The second-order valence-electron chi connectivity index (χ2n) is 3.61. The first-order valence-corrected chi connectivity index (χ1v) is 4.90. The molecule has 0 atom stereocenters. The van der Waals surface area contributed by atoms with Gasteiger partial charge in [0.25, 0.3) is 0 Å². The minimum absolute atomic E-state index is 0. The van der Waals surface area contributed by atoms with Crippen LogP contribution in [0, 0.1) is 13.8 Å². The molecule has 1 heteroatoms. The molecule has 0 amide bonds. The van der Waals surface area contributed by atoms with E-state index in [1.165, 1.54) is 22.3 Å². The average Bonchev–Trinajstić information content (AvgIpc) is 2.23. The summed E-state index contributed by atoms with van der Waals surface area (Å²) in [5.74, 6) is 0. The first-order chi connectivity index (χ1) is 6.79. The van der Waals surface area contributed by atoms with Crippen LogP contribution in [0.1, 0.15) is 11.1 Å². The normalized spacial score (nSPS) is 9.47. The minimum atomic E-state index is 0. The molecule has 72 valence electrons. The van der Waals surface area contributed by atoms with Gasteiger partial charge in [-0.05, 0) is 36.1 Å². The first-order valence-electron chi connectivity index (χ1n) is 4.90. The fraction of sp³-hybridized carbons (Fsp3) is 0.143. The Balaban J connectivity index is 0.00000112. The third-order valence-electron chi connectivity index (χ3n) is 2.69. The van der Waals surface area contributed by atoms with Crippen LogP contribution in [-0.4, -0.2) is 18.9 Å². The fourth-order valence-electron chi connectivity index (χ4n) is 1.68. The van der Waals surface area contributed by atoms with Crippen molar-refractivity contribution in [3.05, 3.63) is 59.7 Å². The van der Waals surface area contributed by atoms with Crippen molar-refractivity contribution in [1.82, 2.24) is 0 Å². The molecule has 0 spiro atoms. The molecule has 2 aromatic rings. The molecule has 0 aliphatic carbocycles. The van der Waals surface area contributed by atoms with E-state index in [0.29, 0.717) is 0 Å². The maximum absolute atomic E-state index is 2.18. The summed E-state index contributed by atoms with van der Waals surface area (Å²) in [4.78, 5) is 0. The van der Waals surface area contributed by atoms with Crippen molar-refractivity contribution in [3.63, 3.8) is 0 Å². The molecule has 0 radical (unpaired) electrons. The predicted octanol–water partition coefficient (Wildman–Crippen LogP) is 3.32. The molecule has 0 aliphatic heterocycles. The average molecular weight is 190 g/mol. The first kappa shape index (κ1) is 12.1. The van der Waals surface area contributed by atoms with E-state index in [0.717, 1.165) is 0 Å². The number of rotatable bonds is 1. The summed E-state index contributed by atoms with van der Waals surface area (Å²) in [5, 5.41) is 0. The monoisotopic (exact) mass is 190 g/mol. The van der Waals surface area contributed by atoms with Gasteiger partial charge in [-0.25, -0.2) is 0 Å². The summed E-state index contributed by atoms with van der Waals surface area (Å²) in [6, 6.07) is 17.0. The van der Waals surface area contributed by atoms with Crippen molar-refractivity contribution in [2.75, 3.05) is 0 Å². The molecule has 15 heavy (non-hydrogen) atoms. The van der Waals surface area contributed by atoms with Gasteiger partial charge in [-0.15, -0.1) is 0 Å². The molecule has 0 unspecified atom stereocenters. The molecule has 0 aliphatic rings. The van der Waals surface area contributed by atoms with Gasteiger partial charge in [-0.3, -0.25) is 0 Å². The van der Waals surface area contributed by atoms with E-state index in [2.05, 4.69) is 62.4 Å². The van der Waals surface area contributed by atoms with E-state index >= 15 is 0 Å². The van der Waals surface area contributed by atoms with E-state index in [9.17, 15) is 0 Å². The molecule has 0 aromatic heterocycles. The molecule has 0 saturated carbocycles. The Labute approximate surface area is 104 Å². The van der Waals surface area contributed by atoms with Crippen molar-refractivity contribution < 1.29 is 0 Å². The zero-order chi connectivity index (χ0) is 9.97. The van der Waals surface area contributed by atoms with Crippen LogP contribution in [0.3, 0.4) is 0 Å². The van der Waals surface area contributed by atoms with Gasteiger partial charge in [-0.2, -0.15) is 0 Å². The predicted molar refractivity (Wildman–Crippen MR) is 68.5 cm³/mol. The third-order valence-corrected chi connectivity index (χ3v) is 2.69. The molecule has 0 N–H and O–H groups in total. The van der Waals surface area contributed by atoms with Crippen LogP contribution < -0.4 is 0 Å². The molecule has 0 fully saturated rings. The van der Waals surface area contributed by atoms with Gasteiger partial charge in [0.15, 0.2) is 0 Å². The van der Waals surface area contributed by atoms with Crippen LogP contribution in [0.4, 0.5) is 0 Å². The molecule has 0 nitrogen and oxygen atoms in total. The van der Waals surface area contributed by atoms with Crippen LogP contribution in [0.25, 0.3) is 11.1 Å². The van der Waals surface area contributed by atoms with Crippen molar-refractivity contribution in [1.29, 1.82) is 0 Å². The van der Waals surface area contributed by atoms with Gasteiger partial charge in [0.1, 0.15) is 0 Å². The summed E-state index contributed by atoms with van der Waals surface area (Å²) in [5.41, 5.74) is 5.37. The quantitative estimate of drug-likeness (QED) is 0.605. The Morgan fingerprint density at radius 2 is 1.40 bits per heavy atom. The van der Waals surface area contributed by atoms with Crippen LogP contribution in [0.5, 0.6) is 0 Å². The molecule has 0 bridgehead atoms. The summed E-state index contributed by atoms with van der Waals surface area (Å²) < 4.78 is 0.